The van der Waals surface area contributed by atoms with Crippen molar-refractivity contribution < 1.29 is 16.8 Å². The molecule has 4 nitrogen and oxygen atoms in total. The average molecular weight is 335 g/mol. The largest absolute Gasteiger partial charge is 0.400 e. The highest BCUT2D eigenvalue weighted by Gasteiger charge is 2.32. The molecule has 1 saturated heterocycles. The molecule has 1 fully saturated rings. The van der Waals surface area contributed by atoms with Gasteiger partial charge < -0.3 is 0 Å². The Morgan fingerprint density at radius 3 is 2.50 bits per heavy atom. The lowest BCUT2D eigenvalue weighted by molar-refractivity contribution is 0.0481. The van der Waals surface area contributed by atoms with E-state index in [0.717, 1.165) is 6.42 Å². The lowest BCUT2D eigenvalue weighted by atomic mass is 10.0. The fourth-order valence-corrected chi connectivity index (χ4v) is 3.56. The highest BCUT2D eigenvalue weighted by atomic mass is 79.9. The number of halogens is 1. The third-order valence-corrected chi connectivity index (χ3v) is 4.54. The lowest BCUT2D eigenvalue weighted by Gasteiger charge is -2.27. The van der Waals surface area contributed by atoms with Crippen LogP contribution in [0.5, 0.6) is 0 Å². The molecule has 0 saturated carbocycles. The van der Waals surface area contributed by atoms with Crippen molar-refractivity contribution in [3.63, 3.8) is 0 Å². The molecule has 18 heavy (non-hydrogen) atoms. The second-order valence-corrected chi connectivity index (χ2v) is 6.11. The molecule has 0 N–H and O–H groups in total. The van der Waals surface area contributed by atoms with Crippen molar-refractivity contribution in [2.24, 2.45) is 0 Å². The second kappa shape index (κ2) is 6.14. The van der Waals surface area contributed by atoms with E-state index in [9.17, 15) is 8.42 Å². The summed E-state index contributed by atoms with van der Waals surface area (Å²) >= 11 is 3.24. The molecule has 1 aliphatic rings. The summed E-state index contributed by atoms with van der Waals surface area (Å²) in [5.41, 5.74) is 1.18. The van der Waals surface area contributed by atoms with Gasteiger partial charge in [0.15, 0.2) is 0 Å². The van der Waals surface area contributed by atoms with Crippen molar-refractivity contribution in [3.8, 4) is 0 Å². The Kier molecular flexibility index (Phi) is 4.77. The van der Waals surface area contributed by atoms with Gasteiger partial charge >= 0.3 is 10.4 Å². The Morgan fingerprint density at radius 2 is 1.83 bits per heavy atom. The molecule has 0 aliphatic carbocycles. The van der Waals surface area contributed by atoms with Crippen LogP contribution in [-0.2, 0) is 25.2 Å². The van der Waals surface area contributed by atoms with Crippen LogP contribution in [-0.4, -0.2) is 26.0 Å². The molecule has 0 amide bonds. The van der Waals surface area contributed by atoms with Crippen LogP contribution in [0.2, 0.25) is 0 Å². The standard InChI is InChI=1S/C12H15BrO4S/c13-9-12-8-11(16-18(14,15)17-12)7-6-10-4-2-1-3-5-10/h1-5,11-12H,6-9H2/t11-,12-/m0/s1. The molecule has 2 rings (SSSR count). The fourth-order valence-electron chi connectivity index (χ4n) is 1.95. The molecule has 1 aliphatic heterocycles. The number of hydrogen-bond donors (Lipinski definition) is 0. The first kappa shape index (κ1) is 14.0. The van der Waals surface area contributed by atoms with Crippen LogP contribution in [0.4, 0.5) is 0 Å². The van der Waals surface area contributed by atoms with Gasteiger partial charge in [-0.15, -0.1) is 0 Å². The summed E-state index contributed by atoms with van der Waals surface area (Å²) in [5, 5.41) is 0.497. The topological polar surface area (TPSA) is 52.6 Å². The molecule has 0 bridgehead atoms. The first-order chi connectivity index (χ1) is 8.59. The highest BCUT2D eigenvalue weighted by Crippen LogP contribution is 2.24. The zero-order valence-corrected chi connectivity index (χ0v) is 12.2. The number of hydrogen-bond acceptors (Lipinski definition) is 4. The predicted octanol–water partition coefficient (Wildman–Crippen LogP) is 2.43. The van der Waals surface area contributed by atoms with Crippen LogP contribution < -0.4 is 0 Å². The predicted molar refractivity (Wildman–Crippen MR) is 71.8 cm³/mol. The molecule has 0 spiro atoms. The van der Waals surface area contributed by atoms with Crippen molar-refractivity contribution in [3.05, 3.63) is 35.9 Å². The van der Waals surface area contributed by atoms with E-state index in [2.05, 4.69) is 15.9 Å². The normalized spacial score (nSPS) is 26.9. The van der Waals surface area contributed by atoms with Crippen LogP contribution in [0.1, 0.15) is 18.4 Å². The van der Waals surface area contributed by atoms with Crippen molar-refractivity contribution in [1.82, 2.24) is 0 Å². The maximum atomic E-state index is 11.4. The fraction of sp³-hybridized carbons (Fsp3) is 0.500. The van der Waals surface area contributed by atoms with Crippen LogP contribution in [0.15, 0.2) is 30.3 Å². The van der Waals surface area contributed by atoms with E-state index in [1.54, 1.807) is 0 Å². The van der Waals surface area contributed by atoms with Crippen LogP contribution in [0, 0.1) is 0 Å². The number of benzene rings is 1. The Hall–Kier alpha value is -0.430. The Balaban J connectivity index is 1.93. The van der Waals surface area contributed by atoms with Crippen molar-refractivity contribution in [2.45, 2.75) is 31.5 Å². The summed E-state index contributed by atoms with van der Waals surface area (Å²) in [4.78, 5) is 0. The van der Waals surface area contributed by atoms with Gasteiger partial charge in [0, 0.05) is 11.8 Å². The molecular weight excluding hydrogens is 320 g/mol. The van der Waals surface area contributed by atoms with Gasteiger partial charge in [0.1, 0.15) is 0 Å². The average Bonchev–Trinajstić information content (AvgIpc) is 2.36. The maximum absolute atomic E-state index is 11.4. The van der Waals surface area contributed by atoms with Gasteiger partial charge in [-0.1, -0.05) is 46.3 Å². The maximum Gasteiger partial charge on any atom is 0.400 e. The smallest absolute Gasteiger partial charge is 0.245 e. The molecule has 6 heteroatoms. The number of aryl methyl sites for hydroxylation is 1. The van der Waals surface area contributed by atoms with Gasteiger partial charge in [-0.3, -0.25) is 0 Å². The lowest BCUT2D eigenvalue weighted by Crippen LogP contribution is -2.36. The molecule has 1 heterocycles. The molecule has 0 aromatic heterocycles. The third-order valence-electron chi connectivity index (χ3n) is 2.80. The minimum atomic E-state index is -3.83. The summed E-state index contributed by atoms with van der Waals surface area (Å²) in [6.45, 7) is 0. The van der Waals surface area contributed by atoms with Crippen molar-refractivity contribution in [2.75, 3.05) is 5.33 Å². The summed E-state index contributed by atoms with van der Waals surface area (Å²) in [6.07, 6.45) is 1.44. The molecule has 0 radical (unpaired) electrons. The van der Waals surface area contributed by atoms with Gasteiger partial charge in [-0.25, -0.2) is 8.37 Å². The SMILES string of the molecule is O=S1(=O)O[C@H](CBr)C[C@H](CCc2ccccc2)O1. The van der Waals surface area contributed by atoms with Gasteiger partial charge in [0.25, 0.3) is 0 Å². The van der Waals surface area contributed by atoms with E-state index < -0.39 is 10.4 Å². The van der Waals surface area contributed by atoms with Crippen molar-refractivity contribution >= 4 is 26.3 Å². The molecule has 0 unspecified atom stereocenters. The molecule has 100 valence electrons. The monoisotopic (exact) mass is 334 g/mol. The zero-order chi connectivity index (χ0) is 13.0. The number of alkyl halides is 1. The van der Waals surface area contributed by atoms with E-state index in [0.29, 0.717) is 18.2 Å². The molecule has 1 aromatic rings. The molecule has 1 aromatic carbocycles. The quantitative estimate of drug-likeness (QED) is 0.793. The molecule has 2 atom stereocenters. The van der Waals surface area contributed by atoms with E-state index in [4.69, 9.17) is 8.37 Å². The summed E-state index contributed by atoms with van der Waals surface area (Å²) in [7, 11) is -3.83. The number of rotatable bonds is 4. The van der Waals surface area contributed by atoms with Crippen LogP contribution in [0.25, 0.3) is 0 Å². The summed E-state index contributed by atoms with van der Waals surface area (Å²) in [6, 6.07) is 9.95. The van der Waals surface area contributed by atoms with E-state index >= 15 is 0 Å². The first-order valence-corrected chi connectivity index (χ1v) is 8.26. The third kappa shape index (κ3) is 4.05. The Morgan fingerprint density at radius 1 is 1.17 bits per heavy atom. The minimum Gasteiger partial charge on any atom is -0.245 e. The Bertz CT molecular complexity index is 474. The van der Waals surface area contributed by atoms with Crippen LogP contribution in [0.3, 0.4) is 0 Å². The first-order valence-electron chi connectivity index (χ1n) is 5.80. The highest BCUT2D eigenvalue weighted by molar-refractivity contribution is 9.09. The van der Waals surface area contributed by atoms with Crippen molar-refractivity contribution in [1.29, 1.82) is 0 Å². The van der Waals surface area contributed by atoms with Gasteiger partial charge in [0.05, 0.1) is 12.2 Å². The summed E-state index contributed by atoms with van der Waals surface area (Å²) < 4.78 is 32.5. The zero-order valence-electron chi connectivity index (χ0n) is 9.79. The molecular formula is C12H15BrO4S. The van der Waals surface area contributed by atoms with Gasteiger partial charge in [-0.05, 0) is 18.4 Å². The van der Waals surface area contributed by atoms with Gasteiger partial charge in [0.2, 0.25) is 0 Å². The van der Waals surface area contributed by atoms with E-state index in [-0.39, 0.29) is 12.2 Å². The van der Waals surface area contributed by atoms with Gasteiger partial charge in [-0.2, -0.15) is 8.42 Å². The van der Waals surface area contributed by atoms with E-state index in [1.807, 2.05) is 30.3 Å². The minimum absolute atomic E-state index is 0.300. The Labute approximate surface area is 116 Å². The summed E-state index contributed by atoms with van der Waals surface area (Å²) in [5.74, 6) is 0. The second-order valence-electron chi connectivity index (χ2n) is 4.26. The van der Waals surface area contributed by atoms with Crippen LogP contribution >= 0.6 is 15.9 Å². The van der Waals surface area contributed by atoms with E-state index in [1.165, 1.54) is 5.56 Å².